The van der Waals surface area contributed by atoms with Crippen molar-refractivity contribution in [2.75, 3.05) is 13.1 Å². The highest BCUT2D eigenvalue weighted by Crippen LogP contribution is 2.11. The molecule has 0 spiro atoms. The zero-order valence-electron chi connectivity index (χ0n) is 10.1. The lowest BCUT2D eigenvalue weighted by Crippen LogP contribution is -2.46. The summed E-state index contributed by atoms with van der Waals surface area (Å²) in [6.45, 7) is 1.42. The Labute approximate surface area is 113 Å². The van der Waals surface area contributed by atoms with Gasteiger partial charge in [-0.25, -0.2) is 4.39 Å². The first-order valence-corrected chi connectivity index (χ1v) is 5.93. The van der Waals surface area contributed by atoms with Gasteiger partial charge in [-0.05, 0) is 30.5 Å². The molecule has 1 amide bonds. The molecule has 0 aliphatic carbocycles. The van der Waals surface area contributed by atoms with Crippen LogP contribution < -0.4 is 5.73 Å². The molecule has 0 radical (unpaired) electrons. The van der Waals surface area contributed by atoms with E-state index in [0.717, 1.165) is 24.9 Å². The van der Waals surface area contributed by atoms with Crippen LogP contribution in [0.2, 0.25) is 0 Å². The molecule has 1 fully saturated rings. The number of carbonyl (C=O) groups is 1. The fraction of sp³-hybridized carbons (Fsp3) is 0.462. The quantitative estimate of drug-likeness (QED) is 0.891. The van der Waals surface area contributed by atoms with Gasteiger partial charge in [-0.1, -0.05) is 12.1 Å². The van der Waals surface area contributed by atoms with Gasteiger partial charge in [0.05, 0.1) is 6.42 Å². The van der Waals surface area contributed by atoms with Crippen LogP contribution in [0.3, 0.4) is 0 Å². The molecule has 1 aliphatic heterocycles. The highest BCUT2D eigenvalue weighted by atomic mass is 35.5. The number of nitrogens with zero attached hydrogens (tertiary/aromatic N) is 1. The average molecular weight is 273 g/mol. The van der Waals surface area contributed by atoms with Crippen LogP contribution in [0.15, 0.2) is 24.3 Å². The Balaban J connectivity index is 0.00000162. The molecular weight excluding hydrogens is 255 g/mol. The average Bonchev–Trinajstić information content (AvgIpc) is 2.32. The van der Waals surface area contributed by atoms with Crippen molar-refractivity contribution in [3.63, 3.8) is 0 Å². The van der Waals surface area contributed by atoms with Crippen LogP contribution in [0.4, 0.5) is 4.39 Å². The van der Waals surface area contributed by atoms with E-state index in [9.17, 15) is 9.18 Å². The van der Waals surface area contributed by atoms with E-state index >= 15 is 0 Å². The number of amides is 1. The topological polar surface area (TPSA) is 46.3 Å². The van der Waals surface area contributed by atoms with Crippen molar-refractivity contribution in [1.29, 1.82) is 0 Å². The number of piperidine rings is 1. The van der Waals surface area contributed by atoms with Crippen LogP contribution in [0.5, 0.6) is 0 Å². The Morgan fingerprint density at radius 3 is 2.67 bits per heavy atom. The number of carbonyl (C=O) groups excluding carboxylic acids is 1. The van der Waals surface area contributed by atoms with Crippen molar-refractivity contribution in [3.8, 4) is 0 Å². The normalized spacial score (nSPS) is 19.2. The van der Waals surface area contributed by atoms with Crippen LogP contribution >= 0.6 is 12.4 Å². The fourth-order valence-electron chi connectivity index (χ4n) is 2.13. The third-order valence-corrected chi connectivity index (χ3v) is 3.08. The Bertz CT molecular complexity index is 396. The van der Waals surface area contributed by atoms with E-state index in [2.05, 4.69) is 0 Å². The predicted molar refractivity (Wildman–Crippen MR) is 71.1 cm³/mol. The van der Waals surface area contributed by atoms with Gasteiger partial charge in [0.2, 0.25) is 5.91 Å². The minimum absolute atomic E-state index is 0. The zero-order chi connectivity index (χ0) is 12.3. The van der Waals surface area contributed by atoms with Crippen molar-refractivity contribution in [2.24, 2.45) is 5.73 Å². The summed E-state index contributed by atoms with van der Waals surface area (Å²) in [6, 6.07) is 6.16. The standard InChI is InChI=1S/C13H17FN2O.ClH/c14-11-5-3-10(4-6-11)8-13(17)16-7-1-2-12(15)9-16;/h3-6,12H,1-2,7-9,15H2;1H/t12-;/m0./s1. The van der Waals surface area contributed by atoms with Gasteiger partial charge >= 0.3 is 0 Å². The zero-order valence-corrected chi connectivity index (χ0v) is 11.0. The monoisotopic (exact) mass is 272 g/mol. The molecule has 3 nitrogen and oxygen atoms in total. The molecule has 1 aromatic rings. The van der Waals surface area contributed by atoms with E-state index in [1.165, 1.54) is 12.1 Å². The minimum Gasteiger partial charge on any atom is -0.341 e. The number of halogens is 2. The van der Waals surface area contributed by atoms with Gasteiger partial charge < -0.3 is 10.6 Å². The van der Waals surface area contributed by atoms with E-state index in [1.807, 2.05) is 0 Å². The number of hydrogen-bond acceptors (Lipinski definition) is 2. The first kappa shape index (κ1) is 14.9. The maximum absolute atomic E-state index is 12.7. The fourth-order valence-corrected chi connectivity index (χ4v) is 2.13. The molecule has 1 heterocycles. The van der Waals surface area contributed by atoms with Gasteiger partial charge in [0.1, 0.15) is 5.82 Å². The Kier molecular flexibility index (Phi) is 5.56. The smallest absolute Gasteiger partial charge is 0.227 e. The van der Waals surface area contributed by atoms with Gasteiger partial charge in [0.25, 0.3) is 0 Å². The van der Waals surface area contributed by atoms with Gasteiger partial charge in [-0.15, -0.1) is 12.4 Å². The van der Waals surface area contributed by atoms with Gasteiger partial charge in [0, 0.05) is 19.1 Å². The summed E-state index contributed by atoms with van der Waals surface area (Å²) in [6.07, 6.45) is 2.28. The van der Waals surface area contributed by atoms with E-state index in [-0.39, 0.29) is 30.2 Å². The Morgan fingerprint density at radius 1 is 1.39 bits per heavy atom. The maximum Gasteiger partial charge on any atom is 0.227 e. The highest BCUT2D eigenvalue weighted by molar-refractivity contribution is 5.85. The van der Waals surface area contributed by atoms with E-state index < -0.39 is 0 Å². The summed E-state index contributed by atoms with van der Waals surface area (Å²) in [5, 5.41) is 0. The van der Waals surface area contributed by atoms with Crippen LogP contribution in [0, 0.1) is 5.82 Å². The van der Waals surface area contributed by atoms with E-state index in [4.69, 9.17) is 5.73 Å². The lowest BCUT2D eigenvalue weighted by atomic mass is 10.1. The first-order chi connectivity index (χ1) is 8.15. The van der Waals surface area contributed by atoms with Crippen LogP contribution in [0.25, 0.3) is 0 Å². The molecule has 0 bridgehead atoms. The van der Waals surface area contributed by atoms with Gasteiger partial charge in [0.15, 0.2) is 0 Å². The number of benzene rings is 1. The van der Waals surface area contributed by atoms with Crippen molar-refractivity contribution in [2.45, 2.75) is 25.3 Å². The second-order valence-corrected chi connectivity index (χ2v) is 4.55. The molecule has 1 atom stereocenters. The van der Waals surface area contributed by atoms with E-state index in [0.29, 0.717) is 13.0 Å². The molecule has 2 rings (SSSR count). The van der Waals surface area contributed by atoms with Crippen LogP contribution in [0.1, 0.15) is 18.4 Å². The summed E-state index contributed by atoms with van der Waals surface area (Å²) in [5.74, 6) is -0.201. The molecule has 0 aromatic heterocycles. The molecule has 100 valence electrons. The van der Waals surface area contributed by atoms with Crippen molar-refractivity contribution < 1.29 is 9.18 Å². The number of rotatable bonds is 2. The molecule has 1 aliphatic rings. The first-order valence-electron chi connectivity index (χ1n) is 5.93. The molecular formula is C13H18ClFN2O. The molecule has 18 heavy (non-hydrogen) atoms. The predicted octanol–water partition coefficient (Wildman–Crippen LogP) is 1.74. The van der Waals surface area contributed by atoms with Gasteiger partial charge in [-0.3, -0.25) is 4.79 Å². The summed E-state index contributed by atoms with van der Waals surface area (Å²) in [7, 11) is 0. The molecule has 0 unspecified atom stereocenters. The van der Waals surface area contributed by atoms with Crippen molar-refractivity contribution in [3.05, 3.63) is 35.6 Å². The third-order valence-electron chi connectivity index (χ3n) is 3.08. The number of nitrogens with two attached hydrogens (primary N) is 1. The molecule has 1 saturated heterocycles. The van der Waals surface area contributed by atoms with Crippen LogP contribution in [-0.4, -0.2) is 29.9 Å². The second kappa shape index (κ2) is 6.71. The minimum atomic E-state index is -0.277. The maximum atomic E-state index is 12.7. The Morgan fingerprint density at radius 2 is 2.06 bits per heavy atom. The van der Waals surface area contributed by atoms with E-state index in [1.54, 1.807) is 17.0 Å². The van der Waals surface area contributed by atoms with Crippen molar-refractivity contribution in [1.82, 2.24) is 4.90 Å². The van der Waals surface area contributed by atoms with Crippen molar-refractivity contribution >= 4 is 18.3 Å². The summed E-state index contributed by atoms with van der Waals surface area (Å²) >= 11 is 0. The summed E-state index contributed by atoms with van der Waals surface area (Å²) < 4.78 is 12.7. The Hall–Kier alpha value is -1.13. The summed E-state index contributed by atoms with van der Waals surface area (Å²) in [4.78, 5) is 13.8. The van der Waals surface area contributed by atoms with Crippen LogP contribution in [-0.2, 0) is 11.2 Å². The molecule has 1 aromatic carbocycles. The number of likely N-dealkylation sites (tertiary alicyclic amines) is 1. The summed E-state index contributed by atoms with van der Waals surface area (Å²) in [5.41, 5.74) is 6.68. The largest absolute Gasteiger partial charge is 0.341 e. The molecule has 5 heteroatoms. The number of hydrogen-bond donors (Lipinski definition) is 1. The van der Waals surface area contributed by atoms with Gasteiger partial charge in [-0.2, -0.15) is 0 Å². The molecule has 0 saturated carbocycles. The second-order valence-electron chi connectivity index (χ2n) is 4.55. The third kappa shape index (κ3) is 3.96. The highest BCUT2D eigenvalue weighted by Gasteiger charge is 2.20. The lowest BCUT2D eigenvalue weighted by Gasteiger charge is -2.30. The lowest BCUT2D eigenvalue weighted by molar-refractivity contribution is -0.131. The molecule has 2 N–H and O–H groups in total. The SMILES string of the molecule is Cl.N[C@H]1CCCN(C(=O)Cc2ccc(F)cc2)C1.